The zero-order valence-corrected chi connectivity index (χ0v) is 15.0. The number of amides is 2. The second-order valence-electron chi connectivity index (χ2n) is 5.86. The van der Waals surface area contributed by atoms with E-state index in [1.54, 1.807) is 0 Å². The van der Waals surface area contributed by atoms with Crippen molar-refractivity contribution in [3.05, 3.63) is 41.1 Å². The second-order valence-corrected chi connectivity index (χ2v) is 7.23. The molecule has 5 N–H and O–H groups in total. The van der Waals surface area contributed by atoms with Gasteiger partial charge in [0.15, 0.2) is 0 Å². The molecule has 1 saturated heterocycles. The highest BCUT2D eigenvalue weighted by Gasteiger charge is 2.54. The van der Waals surface area contributed by atoms with Gasteiger partial charge in [0, 0.05) is 11.6 Å². The maximum Gasteiger partial charge on any atom is 0.352 e. The van der Waals surface area contributed by atoms with Gasteiger partial charge in [0.25, 0.3) is 5.91 Å². The molecule has 0 bridgehead atoms. The van der Waals surface area contributed by atoms with E-state index < -0.39 is 35.2 Å². The predicted molar refractivity (Wildman–Crippen MR) is 95.4 cm³/mol. The fourth-order valence-electron chi connectivity index (χ4n) is 2.86. The summed E-state index contributed by atoms with van der Waals surface area (Å²) in [5, 5.41) is 20.7. The molecule has 0 aromatic heterocycles. The summed E-state index contributed by atoms with van der Waals surface area (Å²) in [5.41, 5.74) is 6.75. The van der Waals surface area contributed by atoms with Gasteiger partial charge in [0.05, 0.1) is 0 Å². The first-order valence-corrected chi connectivity index (χ1v) is 9.24. The lowest BCUT2D eigenvalue weighted by molar-refractivity contribution is -0.150. The third kappa shape index (κ3) is 3.13. The van der Waals surface area contributed by atoms with Crippen LogP contribution in [0.15, 0.2) is 35.5 Å². The predicted octanol–water partition coefficient (Wildman–Crippen LogP) is 0.369. The largest absolute Gasteiger partial charge is 0.508 e. The number of β-lactam (4-membered cyclic amide) rings is 1. The Kier molecular flexibility index (Phi) is 5.12. The molecular formula is C16H16ClN3O5S. The van der Waals surface area contributed by atoms with E-state index in [2.05, 4.69) is 5.32 Å². The van der Waals surface area contributed by atoms with Crippen molar-refractivity contribution in [3.8, 4) is 5.75 Å². The summed E-state index contributed by atoms with van der Waals surface area (Å²) in [6.07, 6.45) is 0. The summed E-state index contributed by atoms with van der Waals surface area (Å²) < 4.78 is 0. The van der Waals surface area contributed by atoms with Gasteiger partial charge in [-0.1, -0.05) is 12.1 Å². The number of aromatic hydroxyl groups is 1. The van der Waals surface area contributed by atoms with Gasteiger partial charge in [-0.25, -0.2) is 4.79 Å². The van der Waals surface area contributed by atoms with Crippen molar-refractivity contribution in [1.82, 2.24) is 10.2 Å². The Morgan fingerprint density at radius 1 is 1.38 bits per heavy atom. The highest BCUT2D eigenvalue weighted by Crippen LogP contribution is 2.40. The Morgan fingerprint density at radius 3 is 2.62 bits per heavy atom. The number of carboxylic acids is 1. The minimum atomic E-state index is -1.22. The number of nitrogens with one attached hydrogen (secondary N) is 1. The number of thioether (sulfide) groups is 1. The number of hydrogen-bond acceptors (Lipinski definition) is 6. The van der Waals surface area contributed by atoms with Crippen LogP contribution in [0.3, 0.4) is 0 Å². The molecule has 3 atom stereocenters. The molecule has 0 aliphatic carbocycles. The Morgan fingerprint density at radius 2 is 2.04 bits per heavy atom. The molecule has 2 aliphatic rings. The van der Waals surface area contributed by atoms with Crippen LogP contribution in [0.4, 0.5) is 0 Å². The lowest BCUT2D eigenvalue weighted by Gasteiger charge is -2.49. The smallest absolute Gasteiger partial charge is 0.352 e. The molecule has 8 nitrogen and oxygen atoms in total. The molecule has 2 amide bonds. The van der Waals surface area contributed by atoms with Crippen LogP contribution in [-0.4, -0.2) is 55.9 Å². The zero-order chi connectivity index (χ0) is 19.0. The molecule has 1 fully saturated rings. The van der Waals surface area contributed by atoms with Gasteiger partial charge < -0.3 is 21.3 Å². The van der Waals surface area contributed by atoms with Crippen LogP contribution in [0.5, 0.6) is 5.75 Å². The highest BCUT2D eigenvalue weighted by atomic mass is 35.5. The van der Waals surface area contributed by atoms with E-state index in [0.29, 0.717) is 16.9 Å². The van der Waals surface area contributed by atoms with Crippen molar-refractivity contribution in [2.24, 2.45) is 5.73 Å². The molecule has 26 heavy (non-hydrogen) atoms. The Balaban J connectivity index is 1.72. The molecule has 1 aromatic rings. The van der Waals surface area contributed by atoms with Gasteiger partial charge in [-0.2, -0.15) is 0 Å². The summed E-state index contributed by atoms with van der Waals surface area (Å²) in [7, 11) is 0. The fraction of sp³-hybridized carbons (Fsp3) is 0.312. The lowest BCUT2D eigenvalue weighted by atomic mass is 10.0. The summed E-state index contributed by atoms with van der Waals surface area (Å²) >= 11 is 7.11. The van der Waals surface area contributed by atoms with Crippen LogP contribution in [0, 0.1) is 0 Å². The number of carbonyl (C=O) groups is 3. The van der Waals surface area contributed by atoms with E-state index in [4.69, 9.17) is 17.3 Å². The number of alkyl halides is 1. The number of halogens is 1. The first-order chi connectivity index (χ1) is 12.3. The third-order valence-corrected chi connectivity index (χ3v) is 5.91. The van der Waals surface area contributed by atoms with Crippen molar-refractivity contribution in [3.63, 3.8) is 0 Å². The van der Waals surface area contributed by atoms with Crippen molar-refractivity contribution in [2.45, 2.75) is 17.5 Å². The molecule has 2 aliphatic heterocycles. The van der Waals surface area contributed by atoms with Crippen molar-refractivity contribution in [1.29, 1.82) is 0 Å². The monoisotopic (exact) mass is 397 g/mol. The summed E-state index contributed by atoms with van der Waals surface area (Å²) in [6, 6.07) is 3.99. The number of hydrogen-bond donors (Lipinski definition) is 4. The molecule has 0 radical (unpaired) electrons. The van der Waals surface area contributed by atoms with Crippen molar-refractivity contribution >= 4 is 41.1 Å². The van der Waals surface area contributed by atoms with Crippen LogP contribution in [0.2, 0.25) is 0 Å². The first kappa shape index (κ1) is 18.6. The number of aliphatic carboxylic acids is 1. The normalized spacial score (nSPS) is 23.2. The minimum absolute atomic E-state index is 0.0217. The summed E-state index contributed by atoms with van der Waals surface area (Å²) in [5.74, 6) is -1.84. The Hall–Kier alpha value is -2.23. The third-order valence-electron chi connectivity index (χ3n) is 4.24. The number of rotatable bonds is 5. The molecule has 3 rings (SSSR count). The van der Waals surface area contributed by atoms with Gasteiger partial charge in [-0.15, -0.1) is 23.4 Å². The van der Waals surface area contributed by atoms with Crippen molar-refractivity contribution in [2.75, 3.05) is 11.6 Å². The molecule has 2 unspecified atom stereocenters. The number of carbonyl (C=O) groups excluding carboxylic acids is 2. The summed E-state index contributed by atoms with van der Waals surface area (Å²) in [6.45, 7) is 0. The summed E-state index contributed by atoms with van der Waals surface area (Å²) in [4.78, 5) is 37.4. The van der Waals surface area contributed by atoms with E-state index in [1.165, 1.54) is 36.0 Å². The fourth-order valence-corrected chi connectivity index (χ4v) is 4.54. The second kappa shape index (κ2) is 7.18. The van der Waals surface area contributed by atoms with Crippen LogP contribution >= 0.6 is 23.4 Å². The molecule has 1 aromatic carbocycles. The first-order valence-electron chi connectivity index (χ1n) is 7.66. The SMILES string of the molecule is NC(C(=O)NC1C(=O)N2C(C(=O)O)=C(CCl)CS[C@@H]12)c1ccc(O)cc1. The highest BCUT2D eigenvalue weighted by molar-refractivity contribution is 8.00. The minimum Gasteiger partial charge on any atom is -0.508 e. The Bertz CT molecular complexity index is 798. The Labute approximate surface area is 158 Å². The number of fused-ring (bicyclic) bond motifs is 1. The van der Waals surface area contributed by atoms with Gasteiger partial charge in [0.1, 0.15) is 28.9 Å². The van der Waals surface area contributed by atoms with Crippen molar-refractivity contribution < 1.29 is 24.6 Å². The quantitative estimate of drug-likeness (QED) is 0.416. The topological polar surface area (TPSA) is 133 Å². The molecular weight excluding hydrogens is 382 g/mol. The van der Waals surface area contributed by atoms with Gasteiger partial charge in [0.2, 0.25) is 5.91 Å². The van der Waals surface area contributed by atoms with E-state index in [-0.39, 0.29) is 17.3 Å². The van der Waals surface area contributed by atoms with E-state index >= 15 is 0 Å². The van der Waals surface area contributed by atoms with E-state index in [0.717, 1.165) is 4.90 Å². The van der Waals surface area contributed by atoms with E-state index in [1.807, 2.05) is 0 Å². The molecule has 0 spiro atoms. The van der Waals surface area contributed by atoms with Crippen LogP contribution in [0.25, 0.3) is 0 Å². The maximum atomic E-state index is 12.4. The number of phenolic OH excluding ortho intramolecular Hbond substituents is 1. The lowest BCUT2D eigenvalue weighted by Crippen LogP contribution is -2.71. The molecule has 2 heterocycles. The van der Waals surface area contributed by atoms with Gasteiger partial charge in [-0.05, 0) is 23.3 Å². The van der Waals surface area contributed by atoms with Crippen LogP contribution < -0.4 is 11.1 Å². The standard InChI is InChI=1S/C16H16ClN3O5S/c17-5-8-6-26-15-11(14(23)20(15)12(8)16(24)25)19-13(22)10(18)7-1-3-9(21)4-2-7/h1-4,10-11,15,21H,5-6,18H2,(H,19,22)(H,24,25)/t10?,11?,15-/m0/s1. The number of carboxylic acid groups (broad SMARTS) is 1. The zero-order valence-electron chi connectivity index (χ0n) is 13.4. The van der Waals surface area contributed by atoms with Crippen LogP contribution in [0.1, 0.15) is 11.6 Å². The number of nitrogens with zero attached hydrogens (tertiary/aromatic N) is 1. The van der Waals surface area contributed by atoms with Gasteiger partial charge in [-0.3, -0.25) is 14.5 Å². The number of benzene rings is 1. The van der Waals surface area contributed by atoms with E-state index in [9.17, 15) is 24.6 Å². The molecule has 138 valence electrons. The van der Waals surface area contributed by atoms with Gasteiger partial charge >= 0.3 is 5.97 Å². The number of nitrogens with two attached hydrogens (primary N) is 1. The average molecular weight is 398 g/mol. The molecule has 0 saturated carbocycles. The van der Waals surface area contributed by atoms with Crippen LogP contribution in [-0.2, 0) is 14.4 Å². The number of phenols is 1. The maximum absolute atomic E-state index is 12.4. The molecule has 10 heteroatoms. The average Bonchev–Trinajstić information content (AvgIpc) is 2.64.